The third-order valence-electron chi connectivity index (χ3n) is 2.40. The van der Waals surface area contributed by atoms with Gasteiger partial charge in [0.05, 0.1) is 12.1 Å². The zero-order chi connectivity index (χ0) is 9.19. The van der Waals surface area contributed by atoms with Gasteiger partial charge in [0, 0.05) is 6.54 Å². The van der Waals surface area contributed by atoms with Crippen molar-refractivity contribution >= 4 is 5.91 Å². The van der Waals surface area contributed by atoms with Gasteiger partial charge in [-0.05, 0) is 18.8 Å². The molecular weight excluding hydrogens is 154 g/mol. The molecular formula is C9H13NO2. The highest BCUT2D eigenvalue weighted by Gasteiger charge is 2.35. The van der Waals surface area contributed by atoms with Crippen LogP contribution in [0.15, 0.2) is 0 Å². The number of hydrogen-bond donors (Lipinski definition) is 1. The van der Waals surface area contributed by atoms with Crippen LogP contribution in [0.25, 0.3) is 0 Å². The fraction of sp³-hybridized carbons (Fsp3) is 0.667. The smallest absolute Gasteiger partial charge is 0.298 e. The van der Waals surface area contributed by atoms with Crippen molar-refractivity contribution in [3.63, 3.8) is 0 Å². The second-order valence-electron chi connectivity index (χ2n) is 3.20. The number of rotatable bonds is 1. The molecule has 1 N–H and O–H groups in total. The first kappa shape index (κ1) is 9.08. The summed E-state index contributed by atoms with van der Waals surface area (Å²) in [5.41, 5.74) is -0.702. The average molecular weight is 167 g/mol. The van der Waals surface area contributed by atoms with Gasteiger partial charge in [-0.3, -0.25) is 4.79 Å². The first-order chi connectivity index (χ1) is 5.61. The highest BCUT2D eigenvalue weighted by molar-refractivity contribution is 5.93. The molecule has 0 bridgehead atoms. The topological polar surface area (TPSA) is 40.5 Å². The predicted octanol–water partition coefficient (Wildman–Crippen LogP) is -0.00700. The Morgan fingerprint density at radius 1 is 1.83 bits per heavy atom. The fourth-order valence-corrected chi connectivity index (χ4v) is 1.41. The van der Waals surface area contributed by atoms with Crippen molar-refractivity contribution < 1.29 is 9.90 Å². The van der Waals surface area contributed by atoms with Crippen molar-refractivity contribution in [1.29, 1.82) is 0 Å². The Kier molecular flexibility index (Phi) is 2.39. The largest absolute Gasteiger partial charge is 0.388 e. The van der Waals surface area contributed by atoms with Crippen LogP contribution >= 0.6 is 0 Å². The maximum Gasteiger partial charge on any atom is 0.298 e. The van der Waals surface area contributed by atoms with Gasteiger partial charge in [-0.2, -0.15) is 0 Å². The summed E-state index contributed by atoms with van der Waals surface area (Å²) in [4.78, 5) is 12.5. The summed E-state index contributed by atoms with van der Waals surface area (Å²) in [6.07, 6.45) is 6.26. The Morgan fingerprint density at radius 3 is 2.92 bits per heavy atom. The van der Waals surface area contributed by atoms with E-state index in [1.165, 1.54) is 4.90 Å². The van der Waals surface area contributed by atoms with Gasteiger partial charge < -0.3 is 10.0 Å². The number of aliphatic hydroxyl groups is 1. The summed E-state index contributed by atoms with van der Waals surface area (Å²) < 4.78 is 0. The van der Waals surface area contributed by atoms with Crippen molar-refractivity contribution in [3.05, 3.63) is 0 Å². The maximum absolute atomic E-state index is 11.0. The molecule has 1 aliphatic rings. The van der Waals surface area contributed by atoms with E-state index in [1.807, 2.05) is 12.8 Å². The van der Waals surface area contributed by atoms with Gasteiger partial charge in [-0.1, -0.05) is 6.92 Å². The highest BCUT2D eigenvalue weighted by atomic mass is 16.3. The normalized spacial score (nSPS) is 28.6. The Bertz CT molecular complexity index is 231. The minimum Gasteiger partial charge on any atom is -0.388 e. The van der Waals surface area contributed by atoms with Crippen LogP contribution in [0.2, 0.25) is 0 Å². The molecule has 0 spiro atoms. The van der Waals surface area contributed by atoms with E-state index in [-0.39, 0.29) is 5.91 Å². The molecule has 1 rings (SSSR count). The van der Waals surface area contributed by atoms with Crippen LogP contribution in [0.1, 0.15) is 19.8 Å². The van der Waals surface area contributed by atoms with Crippen molar-refractivity contribution in [2.75, 3.05) is 13.1 Å². The molecule has 12 heavy (non-hydrogen) atoms. The van der Waals surface area contributed by atoms with Gasteiger partial charge in [0.15, 0.2) is 0 Å². The molecule has 0 aromatic carbocycles. The number of β-amino-alcohol motifs (C(OH)–C–C–N with tert-alkyl or cyclic N) is 1. The van der Waals surface area contributed by atoms with Gasteiger partial charge in [0.2, 0.25) is 0 Å². The summed E-state index contributed by atoms with van der Waals surface area (Å²) in [5, 5.41) is 9.75. The summed E-state index contributed by atoms with van der Waals surface area (Å²) in [6.45, 7) is 2.86. The van der Waals surface area contributed by atoms with E-state index in [2.05, 4.69) is 0 Å². The summed E-state index contributed by atoms with van der Waals surface area (Å²) >= 11 is 0. The summed E-state index contributed by atoms with van der Waals surface area (Å²) in [6, 6.07) is 0. The minimum absolute atomic E-state index is 0.320. The monoisotopic (exact) mass is 167 g/mol. The van der Waals surface area contributed by atoms with Gasteiger partial charge in [-0.25, -0.2) is 0 Å². The first-order valence-corrected chi connectivity index (χ1v) is 4.09. The lowest BCUT2D eigenvalue weighted by Gasteiger charge is -2.20. The van der Waals surface area contributed by atoms with Crippen molar-refractivity contribution in [3.8, 4) is 12.3 Å². The molecule has 1 unspecified atom stereocenters. The lowest BCUT2D eigenvalue weighted by atomic mass is 10.0. The van der Waals surface area contributed by atoms with Gasteiger partial charge in [-0.15, -0.1) is 6.42 Å². The molecule has 1 fully saturated rings. The Balaban J connectivity index is 2.58. The van der Waals surface area contributed by atoms with Crippen molar-refractivity contribution in [1.82, 2.24) is 4.90 Å². The highest BCUT2D eigenvalue weighted by Crippen LogP contribution is 2.23. The van der Waals surface area contributed by atoms with E-state index in [0.717, 1.165) is 0 Å². The molecule has 0 aromatic heterocycles. The number of likely N-dealkylation sites (tertiary alicyclic amines) is 1. The van der Waals surface area contributed by atoms with E-state index in [9.17, 15) is 9.90 Å². The third kappa shape index (κ3) is 1.59. The molecule has 0 saturated carbocycles. The van der Waals surface area contributed by atoms with Crippen LogP contribution in [0.3, 0.4) is 0 Å². The van der Waals surface area contributed by atoms with E-state index in [1.54, 1.807) is 0 Å². The van der Waals surface area contributed by atoms with E-state index >= 15 is 0 Å². The number of carbonyl (C=O) groups is 1. The lowest BCUT2D eigenvalue weighted by molar-refractivity contribution is -0.125. The molecule has 3 nitrogen and oxygen atoms in total. The molecule has 1 saturated heterocycles. The molecule has 3 heteroatoms. The van der Waals surface area contributed by atoms with Crippen LogP contribution in [0, 0.1) is 12.3 Å². The summed E-state index contributed by atoms with van der Waals surface area (Å²) in [5.74, 6) is 1.72. The second kappa shape index (κ2) is 3.16. The molecule has 0 radical (unpaired) electrons. The zero-order valence-electron chi connectivity index (χ0n) is 7.21. The van der Waals surface area contributed by atoms with E-state index in [4.69, 9.17) is 6.42 Å². The number of nitrogens with zero attached hydrogens (tertiary/aromatic N) is 1. The average Bonchev–Trinajstić information content (AvgIpc) is 2.48. The number of hydrogen-bond acceptors (Lipinski definition) is 2. The fourth-order valence-electron chi connectivity index (χ4n) is 1.41. The van der Waals surface area contributed by atoms with Crippen molar-refractivity contribution in [2.24, 2.45) is 0 Å². The quantitative estimate of drug-likeness (QED) is 0.558. The first-order valence-electron chi connectivity index (χ1n) is 4.09. The van der Waals surface area contributed by atoms with Gasteiger partial charge >= 0.3 is 0 Å². The third-order valence-corrected chi connectivity index (χ3v) is 2.40. The molecule has 0 aliphatic carbocycles. The molecule has 1 atom stereocenters. The SMILES string of the molecule is C#CC(=O)N1CCC(O)(CC)C1. The standard InChI is InChI=1S/C9H13NO2/c1-3-8(11)10-6-5-9(12,4-2)7-10/h1,12H,4-7H2,2H3. The molecule has 1 aliphatic heterocycles. The van der Waals surface area contributed by atoms with Gasteiger partial charge in [0.25, 0.3) is 5.91 Å². The lowest BCUT2D eigenvalue weighted by Crippen LogP contribution is -2.34. The van der Waals surface area contributed by atoms with E-state index in [0.29, 0.717) is 25.9 Å². The maximum atomic E-state index is 11.0. The number of carbonyl (C=O) groups excluding carboxylic acids is 1. The second-order valence-corrected chi connectivity index (χ2v) is 3.20. The molecule has 1 heterocycles. The summed E-state index contributed by atoms with van der Waals surface area (Å²) in [7, 11) is 0. The van der Waals surface area contributed by atoms with Crippen LogP contribution < -0.4 is 0 Å². The minimum atomic E-state index is -0.702. The van der Waals surface area contributed by atoms with Crippen molar-refractivity contribution in [2.45, 2.75) is 25.4 Å². The van der Waals surface area contributed by atoms with Gasteiger partial charge in [0.1, 0.15) is 0 Å². The zero-order valence-corrected chi connectivity index (χ0v) is 7.21. The van der Waals surface area contributed by atoms with Crippen LogP contribution in [0.5, 0.6) is 0 Å². The van der Waals surface area contributed by atoms with E-state index < -0.39 is 5.60 Å². The number of terminal acetylenes is 1. The van der Waals surface area contributed by atoms with Crippen LogP contribution in [-0.4, -0.2) is 34.6 Å². The predicted molar refractivity (Wildman–Crippen MR) is 45.3 cm³/mol. The Hall–Kier alpha value is -1.01. The molecule has 1 amide bonds. The Labute approximate surface area is 72.4 Å². The van der Waals surface area contributed by atoms with Crippen LogP contribution in [0.4, 0.5) is 0 Å². The van der Waals surface area contributed by atoms with Crippen LogP contribution in [-0.2, 0) is 4.79 Å². The Morgan fingerprint density at radius 2 is 2.50 bits per heavy atom. The molecule has 0 aromatic rings. The number of amides is 1. The molecule has 66 valence electrons.